The van der Waals surface area contributed by atoms with Crippen LogP contribution in [0.2, 0.25) is 0 Å². The molecular weight excluding hydrogens is 218 g/mol. The average molecular weight is 237 g/mol. The van der Waals surface area contributed by atoms with Crippen molar-refractivity contribution in [3.63, 3.8) is 0 Å². The van der Waals surface area contributed by atoms with E-state index in [0.717, 1.165) is 10.7 Å². The first-order valence-corrected chi connectivity index (χ1v) is 6.47. The largest absolute Gasteiger partial charge is 0.480 e. The Balaban J connectivity index is 4.84. The number of aliphatic carboxylic acids is 1. The molecule has 0 atom stereocenters. The van der Waals surface area contributed by atoms with Crippen LogP contribution in [0.1, 0.15) is 33.6 Å². The normalized spacial score (nSPS) is 13.1. The summed E-state index contributed by atoms with van der Waals surface area (Å²) in [6.07, 6.45) is 1.31. The van der Waals surface area contributed by atoms with Crippen molar-refractivity contribution < 1.29 is 18.3 Å². The van der Waals surface area contributed by atoms with Crippen molar-refractivity contribution in [1.82, 2.24) is 4.31 Å². The van der Waals surface area contributed by atoms with Crippen LogP contribution in [0.15, 0.2) is 0 Å². The molecule has 0 aromatic rings. The van der Waals surface area contributed by atoms with Crippen molar-refractivity contribution in [1.29, 1.82) is 0 Å². The summed E-state index contributed by atoms with van der Waals surface area (Å²) in [5.41, 5.74) is -1.40. The molecule has 0 heterocycles. The molecular formula is C9H19NO4S. The summed E-state index contributed by atoms with van der Waals surface area (Å²) in [7, 11) is -2.17. The number of hydrogen-bond donors (Lipinski definition) is 1. The molecule has 0 saturated carbocycles. The molecule has 0 radical (unpaired) electrons. The van der Waals surface area contributed by atoms with Crippen LogP contribution in [0, 0.1) is 0 Å². The Bertz CT molecular complexity index is 321. The second-order valence-electron chi connectivity index (χ2n) is 4.00. The SMILES string of the molecule is CCCCS(=O)(=O)N(C)C(C)(C)C(=O)O. The second-order valence-corrected chi connectivity index (χ2v) is 6.12. The molecule has 0 aliphatic carbocycles. The smallest absolute Gasteiger partial charge is 0.324 e. The Hall–Kier alpha value is -0.620. The van der Waals surface area contributed by atoms with Gasteiger partial charge in [0, 0.05) is 7.05 Å². The monoisotopic (exact) mass is 237 g/mol. The van der Waals surface area contributed by atoms with Crippen LogP contribution in [-0.4, -0.2) is 42.1 Å². The van der Waals surface area contributed by atoms with E-state index < -0.39 is 21.5 Å². The molecule has 0 aromatic carbocycles. The van der Waals surface area contributed by atoms with Gasteiger partial charge in [0.2, 0.25) is 10.0 Å². The van der Waals surface area contributed by atoms with E-state index in [1.807, 2.05) is 6.92 Å². The Labute approximate surface area is 91.1 Å². The third kappa shape index (κ3) is 3.46. The van der Waals surface area contributed by atoms with Crippen LogP contribution in [-0.2, 0) is 14.8 Å². The highest BCUT2D eigenvalue weighted by atomic mass is 32.2. The number of nitrogens with zero attached hydrogens (tertiary/aromatic N) is 1. The summed E-state index contributed by atoms with van der Waals surface area (Å²) in [5, 5.41) is 8.89. The van der Waals surface area contributed by atoms with Crippen molar-refractivity contribution in [2.75, 3.05) is 12.8 Å². The van der Waals surface area contributed by atoms with Crippen LogP contribution in [0.5, 0.6) is 0 Å². The standard InChI is InChI=1S/C9H19NO4S/c1-5-6-7-15(13,14)10(4)9(2,3)8(11)12/h5-7H2,1-4H3,(H,11,12). The topological polar surface area (TPSA) is 74.7 Å². The summed E-state index contributed by atoms with van der Waals surface area (Å²) in [4.78, 5) is 10.9. The second kappa shape index (κ2) is 4.94. The number of carboxylic acids is 1. The summed E-state index contributed by atoms with van der Waals surface area (Å²) < 4.78 is 24.3. The maximum atomic E-state index is 11.7. The molecule has 0 aliphatic rings. The zero-order valence-corrected chi connectivity index (χ0v) is 10.5. The Morgan fingerprint density at radius 1 is 1.40 bits per heavy atom. The maximum Gasteiger partial charge on any atom is 0.324 e. The number of sulfonamides is 1. The van der Waals surface area contributed by atoms with Gasteiger partial charge in [-0.3, -0.25) is 4.79 Å². The number of carbonyl (C=O) groups is 1. The highest BCUT2D eigenvalue weighted by molar-refractivity contribution is 7.89. The van der Waals surface area contributed by atoms with E-state index in [9.17, 15) is 13.2 Å². The molecule has 0 unspecified atom stereocenters. The van der Waals surface area contributed by atoms with Crippen molar-refractivity contribution in [3.8, 4) is 0 Å². The molecule has 0 fully saturated rings. The average Bonchev–Trinajstić information content (AvgIpc) is 2.13. The highest BCUT2D eigenvalue weighted by Crippen LogP contribution is 2.17. The predicted molar refractivity (Wildman–Crippen MR) is 58.2 cm³/mol. The number of carboxylic acid groups (broad SMARTS) is 1. The van der Waals surface area contributed by atoms with Crippen LogP contribution in [0.3, 0.4) is 0 Å². The number of likely N-dealkylation sites (N-methyl/N-ethyl adjacent to an activating group) is 1. The van der Waals surface area contributed by atoms with Gasteiger partial charge in [0.15, 0.2) is 0 Å². The van der Waals surface area contributed by atoms with E-state index >= 15 is 0 Å². The molecule has 0 rings (SSSR count). The number of hydrogen-bond acceptors (Lipinski definition) is 3. The van der Waals surface area contributed by atoms with Gasteiger partial charge >= 0.3 is 5.97 Å². The molecule has 0 spiro atoms. The zero-order chi connectivity index (χ0) is 12.3. The molecule has 0 aliphatic heterocycles. The van der Waals surface area contributed by atoms with Gasteiger partial charge in [-0.1, -0.05) is 13.3 Å². The number of unbranched alkanes of at least 4 members (excludes halogenated alkanes) is 1. The Kier molecular flexibility index (Phi) is 4.73. The van der Waals surface area contributed by atoms with E-state index in [0.29, 0.717) is 6.42 Å². The van der Waals surface area contributed by atoms with E-state index in [1.54, 1.807) is 0 Å². The molecule has 0 bridgehead atoms. The van der Waals surface area contributed by atoms with E-state index in [4.69, 9.17) is 5.11 Å². The summed E-state index contributed by atoms with van der Waals surface area (Å²) >= 11 is 0. The van der Waals surface area contributed by atoms with Gasteiger partial charge in [-0.2, -0.15) is 4.31 Å². The van der Waals surface area contributed by atoms with Gasteiger partial charge in [0.1, 0.15) is 5.54 Å². The van der Waals surface area contributed by atoms with Gasteiger partial charge in [0.05, 0.1) is 5.75 Å². The van der Waals surface area contributed by atoms with Gasteiger partial charge in [-0.15, -0.1) is 0 Å². The molecule has 90 valence electrons. The summed E-state index contributed by atoms with van der Waals surface area (Å²) in [6, 6.07) is 0. The lowest BCUT2D eigenvalue weighted by Gasteiger charge is -2.30. The summed E-state index contributed by atoms with van der Waals surface area (Å²) in [6.45, 7) is 4.63. The zero-order valence-electron chi connectivity index (χ0n) is 9.65. The third-order valence-electron chi connectivity index (χ3n) is 2.48. The minimum atomic E-state index is -3.47. The van der Waals surface area contributed by atoms with Crippen LogP contribution >= 0.6 is 0 Å². The molecule has 6 heteroatoms. The first kappa shape index (κ1) is 14.4. The van der Waals surface area contributed by atoms with Gasteiger partial charge in [0.25, 0.3) is 0 Å². The third-order valence-corrected chi connectivity index (χ3v) is 4.58. The minimum Gasteiger partial charge on any atom is -0.480 e. The van der Waals surface area contributed by atoms with E-state index in [-0.39, 0.29) is 5.75 Å². The molecule has 0 saturated heterocycles. The van der Waals surface area contributed by atoms with Crippen molar-refractivity contribution in [2.24, 2.45) is 0 Å². The lowest BCUT2D eigenvalue weighted by molar-refractivity contribution is -0.145. The minimum absolute atomic E-state index is 0.00326. The predicted octanol–water partition coefficient (Wildman–Crippen LogP) is 0.911. The van der Waals surface area contributed by atoms with Gasteiger partial charge in [-0.05, 0) is 20.3 Å². The molecule has 15 heavy (non-hydrogen) atoms. The molecule has 5 nitrogen and oxygen atoms in total. The summed E-state index contributed by atoms with van der Waals surface area (Å²) in [5.74, 6) is -1.15. The quantitative estimate of drug-likeness (QED) is 0.745. The lowest BCUT2D eigenvalue weighted by atomic mass is 10.1. The highest BCUT2D eigenvalue weighted by Gasteiger charge is 2.38. The fraction of sp³-hybridized carbons (Fsp3) is 0.889. The van der Waals surface area contributed by atoms with Crippen molar-refractivity contribution in [2.45, 2.75) is 39.2 Å². The van der Waals surface area contributed by atoms with Crippen molar-refractivity contribution in [3.05, 3.63) is 0 Å². The fourth-order valence-electron chi connectivity index (χ4n) is 0.946. The van der Waals surface area contributed by atoms with E-state index in [1.165, 1.54) is 20.9 Å². The van der Waals surface area contributed by atoms with Crippen LogP contribution < -0.4 is 0 Å². The van der Waals surface area contributed by atoms with Crippen LogP contribution in [0.4, 0.5) is 0 Å². The molecule has 0 aromatic heterocycles. The number of rotatable bonds is 6. The van der Waals surface area contributed by atoms with Crippen molar-refractivity contribution >= 4 is 16.0 Å². The Morgan fingerprint density at radius 2 is 1.87 bits per heavy atom. The Morgan fingerprint density at radius 3 is 2.20 bits per heavy atom. The first-order chi connectivity index (χ1) is 6.66. The maximum absolute atomic E-state index is 11.7. The molecule has 1 N–H and O–H groups in total. The van der Waals surface area contributed by atoms with E-state index in [2.05, 4.69) is 0 Å². The van der Waals surface area contributed by atoms with Gasteiger partial charge in [-0.25, -0.2) is 8.42 Å². The fourth-order valence-corrected chi connectivity index (χ4v) is 2.65. The van der Waals surface area contributed by atoms with Gasteiger partial charge < -0.3 is 5.11 Å². The first-order valence-electron chi connectivity index (χ1n) is 4.86. The molecule has 0 amide bonds. The van der Waals surface area contributed by atoms with Crippen LogP contribution in [0.25, 0.3) is 0 Å². The lowest BCUT2D eigenvalue weighted by Crippen LogP contribution is -2.51.